The Kier molecular flexibility index (Phi) is 7.06. The highest BCUT2D eigenvalue weighted by molar-refractivity contribution is 9.10. The third-order valence-electron chi connectivity index (χ3n) is 7.23. The highest BCUT2D eigenvalue weighted by atomic mass is 79.9. The molecular formula is C28H27BrN10O3. The summed E-state index contributed by atoms with van der Waals surface area (Å²) in [7, 11) is 3.58. The Bertz CT molecular complexity index is 1840. The minimum absolute atomic E-state index is 0.177. The Morgan fingerprint density at radius 1 is 1.07 bits per heavy atom. The summed E-state index contributed by atoms with van der Waals surface area (Å²) < 4.78 is 8.24. The zero-order valence-electron chi connectivity index (χ0n) is 23.3. The van der Waals surface area contributed by atoms with Crippen LogP contribution in [0.1, 0.15) is 19.5 Å². The molecule has 6 rings (SSSR count). The van der Waals surface area contributed by atoms with Crippen molar-refractivity contribution < 1.29 is 9.66 Å². The molecule has 0 atom stereocenters. The highest BCUT2D eigenvalue weighted by Gasteiger charge is 2.27. The van der Waals surface area contributed by atoms with Crippen molar-refractivity contribution in [3.05, 3.63) is 69.3 Å². The second kappa shape index (κ2) is 10.9. The Morgan fingerprint density at radius 3 is 2.64 bits per heavy atom. The lowest BCUT2D eigenvalue weighted by Crippen LogP contribution is -2.32. The maximum atomic E-state index is 12.0. The standard InChI is InChI=1S/C28H27BrN10O3/c1-15(2)38-10-7-22-17(13-33-37(22)3)16-11-21(24(42-4)12-23(16)38)35-28-32-14-18(29)27(36-28)34-20-6-5-19-25(26(20)39(40)41)31-9-8-30-19/h5-6,8-9,11-15H,7,10H2,1-4H3,(H2,32,34,35,36). The number of hydrogen-bond donors (Lipinski definition) is 2. The van der Waals surface area contributed by atoms with E-state index in [9.17, 15) is 10.1 Å². The van der Waals surface area contributed by atoms with Crippen LogP contribution in [-0.4, -0.2) is 54.3 Å². The monoisotopic (exact) mass is 630 g/mol. The topological polar surface area (TPSA) is 149 Å². The first-order valence-corrected chi connectivity index (χ1v) is 14.0. The quantitative estimate of drug-likeness (QED) is 0.167. The molecule has 1 aliphatic rings. The van der Waals surface area contributed by atoms with Crippen molar-refractivity contribution in [2.75, 3.05) is 29.2 Å². The van der Waals surface area contributed by atoms with Gasteiger partial charge in [-0.25, -0.2) is 9.97 Å². The summed E-state index contributed by atoms with van der Waals surface area (Å²) in [4.78, 5) is 31.3. The molecule has 0 radical (unpaired) electrons. The summed E-state index contributed by atoms with van der Waals surface area (Å²) in [6, 6.07) is 7.58. The summed E-state index contributed by atoms with van der Waals surface area (Å²) in [6.45, 7) is 5.20. The SMILES string of the molecule is COc1cc2c(cc1Nc1ncc(Br)c(Nc3ccc4nccnc4c3[N+](=O)[O-])n1)-c1cnn(C)c1CCN2C(C)C. The van der Waals surface area contributed by atoms with Crippen molar-refractivity contribution in [1.82, 2.24) is 29.7 Å². The van der Waals surface area contributed by atoms with E-state index in [0.29, 0.717) is 27.2 Å². The molecule has 2 aromatic carbocycles. The molecule has 4 heterocycles. The normalized spacial score (nSPS) is 12.6. The Labute approximate surface area is 249 Å². The van der Waals surface area contributed by atoms with E-state index in [1.54, 1.807) is 25.4 Å². The molecule has 0 unspecified atom stereocenters. The van der Waals surface area contributed by atoms with E-state index in [0.717, 1.165) is 35.5 Å². The molecule has 0 fully saturated rings. The van der Waals surface area contributed by atoms with Crippen LogP contribution >= 0.6 is 15.9 Å². The molecule has 0 spiro atoms. The third-order valence-corrected chi connectivity index (χ3v) is 7.81. The lowest BCUT2D eigenvalue weighted by atomic mass is 10.0. The van der Waals surface area contributed by atoms with Crippen molar-refractivity contribution in [2.24, 2.45) is 7.05 Å². The van der Waals surface area contributed by atoms with E-state index in [1.807, 2.05) is 30.1 Å². The molecule has 0 aliphatic carbocycles. The molecule has 14 heteroatoms. The highest BCUT2D eigenvalue weighted by Crippen LogP contribution is 2.44. The number of methoxy groups -OCH3 is 1. The van der Waals surface area contributed by atoms with E-state index in [1.165, 1.54) is 12.4 Å². The number of benzene rings is 2. The van der Waals surface area contributed by atoms with Gasteiger partial charge in [0.1, 0.15) is 11.4 Å². The Hall–Kier alpha value is -4.85. The van der Waals surface area contributed by atoms with Gasteiger partial charge >= 0.3 is 5.69 Å². The molecule has 13 nitrogen and oxygen atoms in total. The number of aromatic nitrogens is 6. The number of nitrogens with zero attached hydrogens (tertiary/aromatic N) is 8. The van der Waals surface area contributed by atoms with E-state index >= 15 is 0 Å². The maximum Gasteiger partial charge on any atom is 0.320 e. The number of halogens is 1. The minimum atomic E-state index is -0.485. The molecule has 3 aromatic heterocycles. The third kappa shape index (κ3) is 4.83. The van der Waals surface area contributed by atoms with Crippen molar-refractivity contribution >= 4 is 61.5 Å². The number of aryl methyl sites for hydroxylation is 1. The summed E-state index contributed by atoms with van der Waals surface area (Å²) in [6.07, 6.45) is 7.24. The second-order valence-corrected chi connectivity index (χ2v) is 10.9. The van der Waals surface area contributed by atoms with E-state index in [2.05, 4.69) is 70.3 Å². The lowest BCUT2D eigenvalue weighted by molar-refractivity contribution is -0.382. The number of nitro groups is 1. The van der Waals surface area contributed by atoms with Gasteiger partial charge in [-0.05, 0) is 48.0 Å². The number of nitro benzene ring substituents is 1. The van der Waals surface area contributed by atoms with Crippen LogP contribution in [0.5, 0.6) is 5.75 Å². The largest absolute Gasteiger partial charge is 0.494 e. The van der Waals surface area contributed by atoms with E-state index in [-0.39, 0.29) is 28.9 Å². The molecule has 0 amide bonds. The smallest absolute Gasteiger partial charge is 0.320 e. The van der Waals surface area contributed by atoms with Crippen LogP contribution in [0.4, 0.5) is 34.5 Å². The Morgan fingerprint density at radius 2 is 1.88 bits per heavy atom. The van der Waals surface area contributed by atoms with Crippen molar-refractivity contribution in [1.29, 1.82) is 0 Å². The van der Waals surface area contributed by atoms with Crippen LogP contribution in [0, 0.1) is 10.1 Å². The van der Waals surface area contributed by atoms with Gasteiger partial charge in [-0.1, -0.05) is 0 Å². The molecule has 0 saturated heterocycles. The van der Waals surface area contributed by atoms with Crippen LogP contribution in [0.2, 0.25) is 0 Å². The number of fused-ring (bicyclic) bond motifs is 4. The van der Waals surface area contributed by atoms with Crippen LogP contribution in [0.3, 0.4) is 0 Å². The van der Waals surface area contributed by atoms with Crippen LogP contribution in [-0.2, 0) is 13.5 Å². The first-order valence-electron chi connectivity index (χ1n) is 13.2. The van der Waals surface area contributed by atoms with E-state index in [4.69, 9.17) is 4.74 Å². The van der Waals surface area contributed by atoms with Crippen LogP contribution < -0.4 is 20.3 Å². The van der Waals surface area contributed by atoms with Gasteiger partial charge in [0.05, 0.1) is 33.9 Å². The fourth-order valence-electron chi connectivity index (χ4n) is 5.23. The fraction of sp³-hybridized carbons (Fsp3) is 0.250. The number of hydrogen-bond acceptors (Lipinski definition) is 11. The predicted octanol–water partition coefficient (Wildman–Crippen LogP) is 5.76. The first-order chi connectivity index (χ1) is 20.2. The average Bonchev–Trinajstić information content (AvgIpc) is 3.25. The summed E-state index contributed by atoms with van der Waals surface area (Å²) in [5.74, 6) is 1.22. The number of nitrogens with one attached hydrogen (secondary N) is 2. The molecule has 42 heavy (non-hydrogen) atoms. The van der Waals surface area contributed by atoms with Gasteiger partial charge < -0.3 is 20.3 Å². The number of ether oxygens (including phenoxy) is 1. The van der Waals surface area contributed by atoms with Gasteiger partial charge in [-0.3, -0.25) is 19.8 Å². The molecule has 1 aliphatic heterocycles. The van der Waals surface area contributed by atoms with Crippen LogP contribution in [0.15, 0.2) is 53.5 Å². The van der Waals surface area contributed by atoms with Gasteiger partial charge in [0.2, 0.25) is 5.95 Å². The zero-order chi connectivity index (χ0) is 29.5. The molecule has 214 valence electrons. The molecule has 0 bridgehead atoms. The Balaban J connectivity index is 1.40. The second-order valence-electron chi connectivity index (χ2n) is 10.0. The van der Waals surface area contributed by atoms with Gasteiger partial charge in [0.25, 0.3) is 0 Å². The van der Waals surface area contributed by atoms with Crippen molar-refractivity contribution in [2.45, 2.75) is 26.3 Å². The van der Waals surface area contributed by atoms with Gasteiger partial charge in [-0.2, -0.15) is 10.1 Å². The maximum absolute atomic E-state index is 12.0. The van der Waals surface area contributed by atoms with Crippen molar-refractivity contribution in [3.8, 4) is 16.9 Å². The first kappa shape index (κ1) is 27.3. The number of rotatable bonds is 7. The minimum Gasteiger partial charge on any atom is -0.494 e. The fourth-order valence-corrected chi connectivity index (χ4v) is 5.52. The summed E-state index contributed by atoms with van der Waals surface area (Å²) in [5.41, 5.74) is 5.58. The zero-order valence-corrected chi connectivity index (χ0v) is 24.9. The van der Waals surface area contributed by atoms with Gasteiger partial charge in [0, 0.05) is 73.2 Å². The summed E-state index contributed by atoms with van der Waals surface area (Å²) >= 11 is 3.46. The van der Waals surface area contributed by atoms with Crippen molar-refractivity contribution in [3.63, 3.8) is 0 Å². The molecular weight excluding hydrogens is 604 g/mol. The molecule has 0 saturated carbocycles. The van der Waals surface area contributed by atoms with E-state index < -0.39 is 4.92 Å². The lowest BCUT2D eigenvalue weighted by Gasteiger charge is -2.30. The van der Waals surface area contributed by atoms with Gasteiger partial charge in [0.15, 0.2) is 11.3 Å². The number of anilines is 5. The van der Waals surface area contributed by atoms with Gasteiger partial charge in [-0.15, -0.1) is 0 Å². The molecule has 5 aromatic rings. The summed E-state index contributed by atoms with van der Waals surface area (Å²) in [5, 5.41) is 22.9. The van der Waals surface area contributed by atoms with Crippen LogP contribution in [0.25, 0.3) is 22.2 Å². The molecule has 2 N–H and O–H groups in total. The predicted molar refractivity (Wildman–Crippen MR) is 164 cm³/mol. The average molecular weight is 631 g/mol.